The number of carbonyl (C=O) groups excluding carboxylic acids is 3. The van der Waals surface area contributed by atoms with Crippen LogP contribution in [0, 0.1) is 11.6 Å². The maximum absolute atomic E-state index is 14.1. The average molecular weight is 552 g/mol. The number of hydrogen-bond acceptors (Lipinski definition) is 5. The Morgan fingerprint density at radius 3 is 2.15 bits per heavy atom. The lowest BCUT2D eigenvalue weighted by Crippen LogP contribution is -2.50. The number of nitrogens with zero attached hydrogens (tertiary/aromatic N) is 3. The topological polar surface area (TPSA) is 94.2 Å². The molecular weight excluding hydrogens is 520 g/mol. The normalized spacial score (nSPS) is 13.1. The Kier molecular flexibility index (Phi) is 9.63. The Labute approximate surface area is 231 Å². The standard InChI is InChI=1S/C29H31F2N5O4/c1-40-19-18-36(28(38)23-6-2-3-7-24(23)30)20-27(37)32-21-10-12-22(13-11-21)34-14-16-35(17-15-34)29(39)33-26-9-5-4-8-25(26)31/h2-13H,14-20H2,1H3,(H,32,37)(H,33,39). The Morgan fingerprint density at radius 2 is 1.50 bits per heavy atom. The van der Waals surface area contributed by atoms with Gasteiger partial charge in [0.1, 0.15) is 18.2 Å². The van der Waals surface area contributed by atoms with Gasteiger partial charge in [-0.15, -0.1) is 0 Å². The van der Waals surface area contributed by atoms with E-state index in [1.807, 2.05) is 12.1 Å². The molecule has 0 radical (unpaired) electrons. The van der Waals surface area contributed by atoms with Crippen molar-refractivity contribution in [1.29, 1.82) is 0 Å². The number of ether oxygens (including phenoxy) is 1. The van der Waals surface area contributed by atoms with Crippen molar-refractivity contribution in [3.05, 3.63) is 90.0 Å². The number of nitrogens with one attached hydrogen (secondary N) is 2. The van der Waals surface area contributed by atoms with Gasteiger partial charge in [0.05, 0.1) is 17.9 Å². The van der Waals surface area contributed by atoms with Gasteiger partial charge < -0.3 is 30.1 Å². The van der Waals surface area contributed by atoms with Crippen LogP contribution in [-0.2, 0) is 9.53 Å². The van der Waals surface area contributed by atoms with Gasteiger partial charge in [-0.1, -0.05) is 24.3 Å². The minimum absolute atomic E-state index is 0.111. The van der Waals surface area contributed by atoms with Gasteiger partial charge in [-0.2, -0.15) is 0 Å². The summed E-state index contributed by atoms with van der Waals surface area (Å²) < 4.78 is 33.0. The van der Waals surface area contributed by atoms with Crippen molar-refractivity contribution in [1.82, 2.24) is 9.80 Å². The van der Waals surface area contributed by atoms with Crippen molar-refractivity contribution in [2.24, 2.45) is 0 Å². The highest BCUT2D eigenvalue weighted by atomic mass is 19.1. The maximum atomic E-state index is 14.1. The smallest absolute Gasteiger partial charge is 0.322 e. The van der Waals surface area contributed by atoms with Crippen LogP contribution in [0.3, 0.4) is 0 Å². The van der Waals surface area contributed by atoms with Crippen LogP contribution < -0.4 is 15.5 Å². The van der Waals surface area contributed by atoms with Gasteiger partial charge >= 0.3 is 6.03 Å². The molecule has 9 nitrogen and oxygen atoms in total. The van der Waals surface area contributed by atoms with Gasteiger partial charge in [-0.05, 0) is 48.5 Å². The van der Waals surface area contributed by atoms with Gasteiger partial charge in [0.25, 0.3) is 5.91 Å². The summed E-state index contributed by atoms with van der Waals surface area (Å²) in [6.07, 6.45) is 0. The molecule has 3 aromatic carbocycles. The number of amides is 4. The summed E-state index contributed by atoms with van der Waals surface area (Å²) in [6.45, 7) is 2.15. The summed E-state index contributed by atoms with van der Waals surface area (Å²) in [4.78, 5) is 43.1. The summed E-state index contributed by atoms with van der Waals surface area (Å²) >= 11 is 0. The number of rotatable bonds is 9. The van der Waals surface area contributed by atoms with E-state index in [1.165, 1.54) is 42.3 Å². The van der Waals surface area contributed by atoms with Crippen molar-refractivity contribution in [3.8, 4) is 0 Å². The minimum atomic E-state index is -0.655. The van der Waals surface area contributed by atoms with E-state index in [0.717, 1.165) is 5.69 Å². The summed E-state index contributed by atoms with van der Waals surface area (Å²) in [6, 6.07) is 18.5. The number of para-hydroxylation sites is 1. The molecule has 0 unspecified atom stereocenters. The fourth-order valence-electron chi connectivity index (χ4n) is 4.31. The first-order valence-electron chi connectivity index (χ1n) is 12.8. The number of piperazine rings is 1. The van der Waals surface area contributed by atoms with Crippen LogP contribution in [-0.4, -0.2) is 80.6 Å². The van der Waals surface area contributed by atoms with E-state index in [0.29, 0.717) is 31.9 Å². The molecular formula is C29H31F2N5O4. The van der Waals surface area contributed by atoms with Crippen LogP contribution in [0.4, 0.5) is 30.6 Å². The quantitative estimate of drug-likeness (QED) is 0.419. The number of halogens is 2. The molecule has 0 aliphatic carbocycles. The lowest BCUT2D eigenvalue weighted by Gasteiger charge is -2.36. The molecule has 210 valence electrons. The molecule has 2 N–H and O–H groups in total. The van der Waals surface area contributed by atoms with Gasteiger partial charge in [0, 0.05) is 51.2 Å². The summed E-state index contributed by atoms with van der Waals surface area (Å²) in [7, 11) is 1.48. The molecule has 0 bridgehead atoms. The zero-order valence-electron chi connectivity index (χ0n) is 22.1. The molecule has 1 saturated heterocycles. The molecule has 1 heterocycles. The first kappa shape index (κ1) is 28.5. The third-order valence-corrected chi connectivity index (χ3v) is 6.49. The van der Waals surface area contributed by atoms with Gasteiger partial charge in [0.15, 0.2) is 0 Å². The van der Waals surface area contributed by atoms with E-state index in [2.05, 4.69) is 15.5 Å². The molecule has 1 aliphatic heterocycles. The van der Waals surface area contributed by atoms with Crippen molar-refractivity contribution in [2.75, 3.05) is 68.5 Å². The highest BCUT2D eigenvalue weighted by Crippen LogP contribution is 2.21. The zero-order chi connectivity index (χ0) is 28.5. The second-order valence-electron chi connectivity index (χ2n) is 9.18. The molecule has 1 aliphatic rings. The average Bonchev–Trinajstić information content (AvgIpc) is 2.97. The zero-order valence-corrected chi connectivity index (χ0v) is 22.1. The van der Waals surface area contributed by atoms with E-state index < -0.39 is 23.4 Å². The van der Waals surface area contributed by atoms with Crippen LogP contribution in [0.15, 0.2) is 72.8 Å². The van der Waals surface area contributed by atoms with Crippen LogP contribution >= 0.6 is 0 Å². The Balaban J connectivity index is 1.29. The molecule has 4 rings (SSSR count). The second-order valence-corrected chi connectivity index (χ2v) is 9.18. The largest absolute Gasteiger partial charge is 0.383 e. The van der Waals surface area contributed by atoms with E-state index in [1.54, 1.807) is 35.2 Å². The van der Waals surface area contributed by atoms with E-state index in [4.69, 9.17) is 4.74 Å². The number of benzene rings is 3. The van der Waals surface area contributed by atoms with Gasteiger partial charge in [-0.3, -0.25) is 9.59 Å². The Morgan fingerprint density at radius 1 is 0.850 bits per heavy atom. The van der Waals surface area contributed by atoms with Crippen LogP contribution in [0.25, 0.3) is 0 Å². The SMILES string of the molecule is COCCN(CC(=O)Nc1ccc(N2CCN(C(=O)Nc3ccccc3F)CC2)cc1)C(=O)c1ccccc1F. The number of hydrogen-bond donors (Lipinski definition) is 2. The fraction of sp³-hybridized carbons (Fsp3) is 0.276. The molecule has 0 aromatic heterocycles. The Bertz CT molecular complexity index is 1330. The van der Waals surface area contributed by atoms with Crippen molar-refractivity contribution in [2.45, 2.75) is 0 Å². The number of urea groups is 1. The molecule has 3 aromatic rings. The monoisotopic (exact) mass is 551 g/mol. The van der Waals surface area contributed by atoms with Crippen LogP contribution in [0.1, 0.15) is 10.4 Å². The summed E-state index contributed by atoms with van der Waals surface area (Å²) in [5, 5.41) is 5.38. The van der Waals surface area contributed by atoms with Crippen LogP contribution in [0.5, 0.6) is 0 Å². The first-order chi connectivity index (χ1) is 19.4. The lowest BCUT2D eigenvalue weighted by atomic mass is 10.2. The van der Waals surface area contributed by atoms with E-state index in [9.17, 15) is 23.2 Å². The molecule has 40 heavy (non-hydrogen) atoms. The number of anilines is 3. The third-order valence-electron chi connectivity index (χ3n) is 6.49. The second kappa shape index (κ2) is 13.5. The van der Waals surface area contributed by atoms with E-state index in [-0.39, 0.29) is 37.0 Å². The predicted molar refractivity (Wildman–Crippen MR) is 148 cm³/mol. The summed E-state index contributed by atoms with van der Waals surface area (Å²) in [5.41, 5.74) is 1.50. The first-order valence-corrected chi connectivity index (χ1v) is 12.8. The number of methoxy groups -OCH3 is 1. The fourth-order valence-corrected chi connectivity index (χ4v) is 4.31. The van der Waals surface area contributed by atoms with Crippen molar-refractivity contribution < 1.29 is 27.9 Å². The molecule has 11 heteroatoms. The molecule has 0 spiro atoms. The minimum Gasteiger partial charge on any atom is -0.383 e. The highest BCUT2D eigenvalue weighted by Gasteiger charge is 2.23. The highest BCUT2D eigenvalue weighted by molar-refractivity contribution is 5.99. The van der Waals surface area contributed by atoms with Crippen LogP contribution in [0.2, 0.25) is 0 Å². The molecule has 0 atom stereocenters. The van der Waals surface area contributed by atoms with E-state index >= 15 is 0 Å². The number of carbonyl (C=O) groups is 3. The summed E-state index contributed by atoms with van der Waals surface area (Å²) in [5.74, 6) is -2.16. The Hall–Kier alpha value is -4.51. The van der Waals surface area contributed by atoms with Crippen molar-refractivity contribution in [3.63, 3.8) is 0 Å². The third kappa shape index (κ3) is 7.32. The lowest BCUT2D eigenvalue weighted by molar-refractivity contribution is -0.117. The molecule has 0 saturated carbocycles. The maximum Gasteiger partial charge on any atom is 0.322 e. The molecule has 1 fully saturated rings. The van der Waals surface area contributed by atoms with Gasteiger partial charge in [0.2, 0.25) is 5.91 Å². The van der Waals surface area contributed by atoms with Gasteiger partial charge in [-0.25, -0.2) is 13.6 Å². The van der Waals surface area contributed by atoms with Crippen molar-refractivity contribution >= 4 is 34.9 Å². The molecule has 4 amide bonds. The predicted octanol–water partition coefficient (Wildman–Crippen LogP) is 4.05.